The van der Waals surface area contributed by atoms with Gasteiger partial charge in [-0.3, -0.25) is 0 Å². The fourth-order valence-electron chi connectivity index (χ4n) is 1.72. The van der Waals surface area contributed by atoms with Crippen molar-refractivity contribution in [1.29, 1.82) is 0 Å². The summed E-state index contributed by atoms with van der Waals surface area (Å²) in [6.07, 6.45) is 3.54. The third-order valence-corrected chi connectivity index (χ3v) is 3.90. The average molecular weight is 194 g/mol. The minimum atomic E-state index is -2.82. The van der Waals surface area contributed by atoms with Crippen LogP contribution in [0.4, 0.5) is 0 Å². The maximum atomic E-state index is 9.30. The van der Waals surface area contributed by atoms with Gasteiger partial charge in [-0.15, -0.1) is 0 Å². The van der Waals surface area contributed by atoms with E-state index in [2.05, 4.69) is 0 Å². The minimum Gasteiger partial charge on any atom is -0.324 e. The molecule has 1 saturated carbocycles. The molecule has 0 aromatic carbocycles. The van der Waals surface area contributed by atoms with E-state index in [1.807, 2.05) is 0 Å². The molecule has 3 nitrogen and oxygen atoms in total. The van der Waals surface area contributed by atoms with Crippen LogP contribution in [0.25, 0.3) is 0 Å². The molecule has 0 bridgehead atoms. The van der Waals surface area contributed by atoms with Gasteiger partial charge in [0.1, 0.15) is 0 Å². The largest absolute Gasteiger partial charge is 0.324 e. The highest BCUT2D eigenvalue weighted by molar-refractivity contribution is 8.07. The molecule has 1 heterocycles. The number of hydrogen-bond donors (Lipinski definition) is 1. The van der Waals surface area contributed by atoms with Crippen LogP contribution in [0.1, 0.15) is 19.3 Å². The van der Waals surface area contributed by atoms with Gasteiger partial charge in [-0.25, -0.2) is 0 Å². The smallest absolute Gasteiger partial charge is 0.324 e. The molecular weight excluding hydrogens is 183 g/mol. The lowest BCUT2D eigenvalue weighted by Gasteiger charge is -2.30. The first-order valence-electron chi connectivity index (χ1n) is 3.83. The van der Waals surface area contributed by atoms with Crippen LogP contribution in [0.3, 0.4) is 0 Å². The van der Waals surface area contributed by atoms with Gasteiger partial charge in [0.25, 0.3) is 0 Å². The Hall–Kier alpha value is 0.530. The maximum absolute atomic E-state index is 9.30. The van der Waals surface area contributed by atoms with E-state index in [0.717, 1.165) is 12.8 Å². The van der Waals surface area contributed by atoms with Crippen molar-refractivity contribution in [2.24, 2.45) is 5.92 Å². The molecule has 1 aliphatic carbocycles. The summed E-state index contributed by atoms with van der Waals surface area (Å²) < 4.78 is 10.3. The molecular formula is C6H11O3PS. The molecule has 1 aliphatic heterocycles. The zero-order valence-corrected chi connectivity index (χ0v) is 7.81. The molecule has 1 saturated heterocycles. The fourth-order valence-corrected chi connectivity index (χ4v) is 3.30. The Kier molecular flexibility index (Phi) is 2.06. The Morgan fingerprint density at radius 3 is 3.09 bits per heavy atom. The molecule has 11 heavy (non-hydrogen) atoms. The summed E-state index contributed by atoms with van der Waals surface area (Å²) >= 11 is 4.74. The van der Waals surface area contributed by atoms with Crippen molar-refractivity contribution in [1.82, 2.24) is 0 Å². The molecule has 2 fully saturated rings. The Morgan fingerprint density at radius 2 is 2.27 bits per heavy atom. The van der Waals surface area contributed by atoms with Gasteiger partial charge in [-0.1, -0.05) is 6.42 Å². The molecule has 1 N–H and O–H groups in total. The summed E-state index contributed by atoms with van der Waals surface area (Å²) in [6, 6.07) is 0. The van der Waals surface area contributed by atoms with Crippen molar-refractivity contribution in [3.8, 4) is 0 Å². The first-order chi connectivity index (χ1) is 5.17. The third-order valence-electron chi connectivity index (χ3n) is 2.31. The summed E-state index contributed by atoms with van der Waals surface area (Å²) in [4.78, 5) is 9.30. The molecule has 0 aromatic heterocycles. The summed E-state index contributed by atoms with van der Waals surface area (Å²) in [5.41, 5.74) is 0. The third kappa shape index (κ3) is 1.65. The first kappa shape index (κ1) is 8.14. The van der Waals surface area contributed by atoms with E-state index in [-0.39, 0.29) is 6.10 Å². The van der Waals surface area contributed by atoms with Crippen LogP contribution >= 0.6 is 6.72 Å². The van der Waals surface area contributed by atoms with Gasteiger partial charge in [0, 0.05) is 5.92 Å². The number of hydrogen-bond acceptors (Lipinski definition) is 3. The molecule has 0 radical (unpaired) electrons. The number of fused-ring (bicyclic) bond motifs is 1. The Morgan fingerprint density at radius 1 is 1.45 bits per heavy atom. The van der Waals surface area contributed by atoms with Gasteiger partial charge in [0.05, 0.1) is 12.7 Å². The van der Waals surface area contributed by atoms with E-state index in [1.54, 1.807) is 0 Å². The predicted octanol–water partition coefficient (Wildman–Crippen LogP) is 1.42. The highest BCUT2D eigenvalue weighted by atomic mass is 32.5. The van der Waals surface area contributed by atoms with Crippen molar-refractivity contribution in [3.63, 3.8) is 0 Å². The summed E-state index contributed by atoms with van der Waals surface area (Å²) in [6.45, 7) is -2.23. The SMILES string of the molecule is OP1(=S)OC[C@H]2CCC[C@@H]2O1. The summed E-state index contributed by atoms with van der Waals surface area (Å²) in [5.74, 6) is 0.484. The van der Waals surface area contributed by atoms with Gasteiger partial charge in [-0.05, 0) is 24.6 Å². The fraction of sp³-hybridized carbons (Fsp3) is 1.00. The Bertz CT molecular complexity index is 208. The molecule has 64 valence electrons. The first-order valence-corrected chi connectivity index (χ1v) is 6.42. The second-order valence-electron chi connectivity index (χ2n) is 3.10. The van der Waals surface area contributed by atoms with Crippen molar-refractivity contribution in [2.75, 3.05) is 6.61 Å². The maximum Gasteiger partial charge on any atom is 0.324 e. The van der Waals surface area contributed by atoms with E-state index >= 15 is 0 Å². The molecule has 0 amide bonds. The summed E-state index contributed by atoms with van der Waals surface area (Å²) in [7, 11) is 0. The summed E-state index contributed by atoms with van der Waals surface area (Å²) in [5, 5.41) is 0. The molecule has 0 aromatic rings. The minimum absolute atomic E-state index is 0.180. The Labute approximate surface area is 71.0 Å². The van der Waals surface area contributed by atoms with Crippen LogP contribution in [-0.2, 0) is 20.9 Å². The monoisotopic (exact) mass is 194 g/mol. The van der Waals surface area contributed by atoms with Crippen LogP contribution in [0.5, 0.6) is 0 Å². The second-order valence-corrected chi connectivity index (χ2v) is 5.89. The van der Waals surface area contributed by atoms with Gasteiger partial charge in [0.15, 0.2) is 0 Å². The van der Waals surface area contributed by atoms with Crippen molar-refractivity contribution in [3.05, 3.63) is 0 Å². The van der Waals surface area contributed by atoms with Crippen LogP contribution in [-0.4, -0.2) is 17.6 Å². The average Bonchev–Trinajstić information content (AvgIpc) is 2.31. The highest BCUT2D eigenvalue weighted by Crippen LogP contribution is 2.53. The lowest BCUT2D eigenvalue weighted by atomic mass is 10.1. The molecule has 5 heteroatoms. The molecule has 0 spiro atoms. The predicted molar refractivity (Wildman–Crippen MR) is 44.7 cm³/mol. The molecule has 2 aliphatic rings. The highest BCUT2D eigenvalue weighted by Gasteiger charge is 2.38. The van der Waals surface area contributed by atoms with E-state index in [9.17, 15) is 4.89 Å². The van der Waals surface area contributed by atoms with Crippen LogP contribution in [0.15, 0.2) is 0 Å². The van der Waals surface area contributed by atoms with E-state index in [0.29, 0.717) is 12.5 Å². The van der Waals surface area contributed by atoms with Crippen molar-refractivity contribution >= 4 is 18.5 Å². The molecule has 1 unspecified atom stereocenters. The van der Waals surface area contributed by atoms with Gasteiger partial charge >= 0.3 is 6.72 Å². The van der Waals surface area contributed by atoms with E-state index in [1.165, 1.54) is 6.42 Å². The molecule has 3 atom stereocenters. The molecule has 2 rings (SSSR count). The van der Waals surface area contributed by atoms with Crippen molar-refractivity contribution in [2.45, 2.75) is 25.4 Å². The van der Waals surface area contributed by atoms with Gasteiger partial charge in [-0.2, -0.15) is 0 Å². The Balaban J connectivity index is 2.08. The van der Waals surface area contributed by atoms with Crippen LogP contribution in [0, 0.1) is 5.92 Å². The zero-order chi connectivity index (χ0) is 7.90. The van der Waals surface area contributed by atoms with E-state index in [4.69, 9.17) is 20.9 Å². The topological polar surface area (TPSA) is 38.7 Å². The lowest BCUT2D eigenvalue weighted by Crippen LogP contribution is -2.26. The van der Waals surface area contributed by atoms with Gasteiger partial charge < -0.3 is 13.9 Å². The standard InChI is InChI=1S/C6H11O3PS/c7-10(11)8-4-5-2-1-3-6(5)9-10/h5-6H,1-4H2,(H,7,11)/t5-,6+,10?/m1/s1. The van der Waals surface area contributed by atoms with Gasteiger partial charge in [0.2, 0.25) is 0 Å². The second kappa shape index (κ2) is 2.79. The van der Waals surface area contributed by atoms with Crippen LogP contribution < -0.4 is 0 Å². The lowest BCUT2D eigenvalue weighted by molar-refractivity contribution is 0.0412. The quantitative estimate of drug-likeness (QED) is 0.592. The van der Waals surface area contributed by atoms with Crippen molar-refractivity contribution < 1.29 is 13.9 Å². The number of rotatable bonds is 0. The van der Waals surface area contributed by atoms with Crippen LogP contribution in [0.2, 0.25) is 0 Å². The normalized spacial score (nSPS) is 50.6. The zero-order valence-electron chi connectivity index (χ0n) is 6.10. The van der Waals surface area contributed by atoms with E-state index < -0.39 is 6.72 Å².